The van der Waals surface area contributed by atoms with Gasteiger partial charge in [-0.25, -0.2) is 0 Å². The molecule has 11 heavy (non-hydrogen) atoms. The fraction of sp³-hybridized carbons (Fsp3) is 0.400. The van der Waals surface area contributed by atoms with Crippen molar-refractivity contribution in [2.45, 2.75) is 25.9 Å². The Morgan fingerprint density at radius 2 is 2.09 bits per heavy atom. The summed E-state index contributed by atoms with van der Waals surface area (Å²) < 4.78 is 0. The summed E-state index contributed by atoms with van der Waals surface area (Å²) in [6, 6.07) is 0. The maximum absolute atomic E-state index is 9.47. The van der Waals surface area contributed by atoms with Crippen molar-refractivity contribution in [3.8, 4) is 0 Å². The molecule has 0 aliphatic carbocycles. The molecular formula is C10H16O. The van der Waals surface area contributed by atoms with Gasteiger partial charge in [0.15, 0.2) is 0 Å². The van der Waals surface area contributed by atoms with Crippen LogP contribution in [0.15, 0.2) is 37.0 Å². The van der Waals surface area contributed by atoms with E-state index in [2.05, 4.69) is 13.2 Å². The lowest BCUT2D eigenvalue weighted by molar-refractivity contribution is 0.115. The van der Waals surface area contributed by atoms with Crippen molar-refractivity contribution in [3.63, 3.8) is 0 Å². The van der Waals surface area contributed by atoms with Crippen LogP contribution in [0, 0.1) is 0 Å². The smallest absolute Gasteiger partial charge is 0.0831 e. The summed E-state index contributed by atoms with van der Waals surface area (Å²) in [4.78, 5) is 0. The minimum absolute atomic E-state index is 0.592. The molecule has 0 aromatic rings. The summed E-state index contributed by atoms with van der Waals surface area (Å²) in [5.41, 5.74) is 0.289. The van der Waals surface area contributed by atoms with E-state index in [1.165, 1.54) is 0 Å². The number of hydrogen-bond donors (Lipinski definition) is 1. The van der Waals surface area contributed by atoms with Gasteiger partial charge in [0, 0.05) is 0 Å². The van der Waals surface area contributed by atoms with Crippen molar-refractivity contribution >= 4 is 0 Å². The minimum atomic E-state index is -0.787. The predicted molar refractivity (Wildman–Crippen MR) is 49.4 cm³/mol. The van der Waals surface area contributed by atoms with Gasteiger partial charge in [-0.15, -0.1) is 6.58 Å². The predicted octanol–water partition coefficient (Wildman–Crippen LogP) is 2.45. The second kappa shape index (κ2) is 4.14. The Hall–Kier alpha value is -0.820. The highest BCUT2D eigenvalue weighted by molar-refractivity contribution is 5.14. The van der Waals surface area contributed by atoms with Crippen molar-refractivity contribution in [2.24, 2.45) is 0 Å². The Balaban J connectivity index is 4.06. The summed E-state index contributed by atoms with van der Waals surface area (Å²) in [7, 11) is 0. The number of hydrogen-bond acceptors (Lipinski definition) is 1. The zero-order valence-electron chi connectivity index (χ0n) is 7.30. The van der Waals surface area contributed by atoms with Gasteiger partial charge in [-0.3, -0.25) is 0 Å². The van der Waals surface area contributed by atoms with Crippen molar-refractivity contribution in [3.05, 3.63) is 37.0 Å². The van der Waals surface area contributed by atoms with E-state index in [1.807, 2.05) is 13.0 Å². The number of aliphatic hydroxyl groups is 1. The summed E-state index contributed by atoms with van der Waals surface area (Å²) in [5, 5.41) is 9.47. The van der Waals surface area contributed by atoms with Crippen LogP contribution >= 0.6 is 0 Å². The average molecular weight is 152 g/mol. The Morgan fingerprint density at radius 3 is 2.45 bits per heavy atom. The summed E-state index contributed by atoms with van der Waals surface area (Å²) >= 11 is 0. The molecule has 1 nitrogen and oxygen atoms in total. The van der Waals surface area contributed by atoms with E-state index >= 15 is 0 Å². The minimum Gasteiger partial charge on any atom is -0.386 e. The second-order valence-electron chi connectivity index (χ2n) is 2.92. The van der Waals surface area contributed by atoms with Crippen LogP contribution in [0.25, 0.3) is 0 Å². The fourth-order valence-corrected chi connectivity index (χ4v) is 0.534. The van der Waals surface area contributed by atoms with E-state index in [9.17, 15) is 5.11 Å². The van der Waals surface area contributed by atoms with Gasteiger partial charge in [-0.2, -0.15) is 0 Å². The Bertz CT molecular complexity index is 175. The van der Waals surface area contributed by atoms with Crippen LogP contribution in [-0.4, -0.2) is 10.7 Å². The molecule has 0 aromatic carbocycles. The lowest BCUT2D eigenvalue weighted by Gasteiger charge is -2.15. The Kier molecular flexibility index (Phi) is 3.83. The lowest BCUT2D eigenvalue weighted by atomic mass is 10.0. The average Bonchev–Trinajstić information content (AvgIpc) is 2.00. The molecule has 0 aromatic heterocycles. The highest BCUT2D eigenvalue weighted by Gasteiger charge is 2.11. The van der Waals surface area contributed by atoms with Gasteiger partial charge >= 0.3 is 0 Å². The molecule has 0 radical (unpaired) electrons. The third kappa shape index (κ3) is 4.57. The molecule has 0 aliphatic heterocycles. The standard InChI is InChI=1S/C10H16O/c1-5-9(3)7-8-10(4,11)6-2/h5-7,11H,1-2,8H2,3-4H3/b9-7+. The summed E-state index contributed by atoms with van der Waals surface area (Å²) in [6.07, 6.45) is 5.84. The third-order valence-electron chi connectivity index (χ3n) is 1.60. The van der Waals surface area contributed by atoms with E-state index in [1.54, 1.807) is 19.1 Å². The van der Waals surface area contributed by atoms with Crippen LogP contribution in [0.4, 0.5) is 0 Å². The van der Waals surface area contributed by atoms with Crippen LogP contribution in [0.2, 0.25) is 0 Å². The van der Waals surface area contributed by atoms with Crippen LogP contribution in [0.1, 0.15) is 20.3 Å². The van der Waals surface area contributed by atoms with Gasteiger partial charge in [-0.05, 0) is 20.3 Å². The molecule has 0 aliphatic rings. The van der Waals surface area contributed by atoms with Gasteiger partial charge in [-0.1, -0.05) is 30.4 Å². The quantitative estimate of drug-likeness (QED) is 0.484. The molecule has 0 amide bonds. The molecule has 0 fully saturated rings. The molecule has 0 bridgehead atoms. The van der Waals surface area contributed by atoms with Crippen LogP contribution < -0.4 is 0 Å². The van der Waals surface area contributed by atoms with Crippen molar-refractivity contribution in [2.75, 3.05) is 0 Å². The Morgan fingerprint density at radius 1 is 1.55 bits per heavy atom. The second-order valence-corrected chi connectivity index (χ2v) is 2.92. The molecule has 0 saturated carbocycles. The summed E-state index contributed by atoms with van der Waals surface area (Å²) in [5.74, 6) is 0. The third-order valence-corrected chi connectivity index (χ3v) is 1.60. The molecule has 1 N–H and O–H groups in total. The van der Waals surface area contributed by atoms with Gasteiger partial charge in [0.2, 0.25) is 0 Å². The van der Waals surface area contributed by atoms with E-state index in [0.29, 0.717) is 6.42 Å². The van der Waals surface area contributed by atoms with E-state index in [4.69, 9.17) is 0 Å². The molecule has 1 atom stereocenters. The molecular weight excluding hydrogens is 136 g/mol. The highest BCUT2D eigenvalue weighted by atomic mass is 16.3. The Labute approximate surface area is 68.7 Å². The van der Waals surface area contributed by atoms with Gasteiger partial charge in [0.05, 0.1) is 5.60 Å². The highest BCUT2D eigenvalue weighted by Crippen LogP contribution is 2.12. The topological polar surface area (TPSA) is 20.2 Å². The van der Waals surface area contributed by atoms with Crippen molar-refractivity contribution in [1.82, 2.24) is 0 Å². The monoisotopic (exact) mass is 152 g/mol. The zero-order chi connectivity index (χ0) is 8.91. The first-order valence-corrected chi connectivity index (χ1v) is 3.67. The normalized spacial score (nSPS) is 17.2. The first kappa shape index (κ1) is 10.2. The van der Waals surface area contributed by atoms with Crippen LogP contribution in [-0.2, 0) is 0 Å². The zero-order valence-corrected chi connectivity index (χ0v) is 7.30. The SMILES string of the molecule is C=C/C(C)=C/CC(C)(O)C=C. The molecule has 1 heteroatoms. The molecule has 0 saturated heterocycles. The van der Waals surface area contributed by atoms with Gasteiger partial charge in [0.25, 0.3) is 0 Å². The largest absolute Gasteiger partial charge is 0.386 e. The summed E-state index contributed by atoms with van der Waals surface area (Å²) in [6.45, 7) is 10.8. The number of allylic oxidation sites excluding steroid dienone is 2. The first-order valence-electron chi connectivity index (χ1n) is 3.67. The fourth-order valence-electron chi connectivity index (χ4n) is 0.534. The van der Waals surface area contributed by atoms with Crippen LogP contribution in [0.3, 0.4) is 0 Å². The van der Waals surface area contributed by atoms with Gasteiger partial charge < -0.3 is 5.11 Å². The maximum Gasteiger partial charge on any atom is 0.0831 e. The maximum atomic E-state index is 9.47. The molecule has 1 unspecified atom stereocenters. The molecule has 0 spiro atoms. The van der Waals surface area contributed by atoms with Crippen LogP contribution in [0.5, 0.6) is 0 Å². The van der Waals surface area contributed by atoms with E-state index in [0.717, 1.165) is 5.57 Å². The van der Waals surface area contributed by atoms with E-state index in [-0.39, 0.29) is 0 Å². The van der Waals surface area contributed by atoms with Crippen molar-refractivity contribution in [1.29, 1.82) is 0 Å². The van der Waals surface area contributed by atoms with E-state index < -0.39 is 5.60 Å². The van der Waals surface area contributed by atoms with Crippen molar-refractivity contribution < 1.29 is 5.11 Å². The molecule has 0 heterocycles. The first-order chi connectivity index (χ1) is 5.02. The lowest BCUT2D eigenvalue weighted by Crippen LogP contribution is -2.18. The van der Waals surface area contributed by atoms with Gasteiger partial charge in [0.1, 0.15) is 0 Å². The molecule has 0 rings (SSSR count). The number of rotatable bonds is 4. The molecule has 62 valence electrons.